The summed E-state index contributed by atoms with van der Waals surface area (Å²) in [4.78, 5) is 13.3. The molecular formula is C13H8N4. The number of aromatic nitrogens is 4. The van der Waals surface area contributed by atoms with Crippen molar-refractivity contribution in [2.24, 2.45) is 0 Å². The third-order valence-corrected chi connectivity index (χ3v) is 2.96. The van der Waals surface area contributed by atoms with Crippen LogP contribution in [0.1, 0.15) is 0 Å². The van der Waals surface area contributed by atoms with Gasteiger partial charge in [-0.25, -0.2) is 4.98 Å². The molecule has 0 amide bonds. The quantitative estimate of drug-likeness (QED) is 0.427. The Balaban J connectivity index is 2.48. The Morgan fingerprint density at radius 2 is 1.71 bits per heavy atom. The summed E-state index contributed by atoms with van der Waals surface area (Å²) in [7, 11) is 0. The Morgan fingerprint density at radius 1 is 0.824 bits per heavy atom. The smallest absolute Gasteiger partial charge is 0.146 e. The summed E-state index contributed by atoms with van der Waals surface area (Å²) < 4.78 is 2.05. The van der Waals surface area contributed by atoms with Crippen LogP contribution in [0.4, 0.5) is 0 Å². The molecule has 0 atom stereocenters. The minimum atomic E-state index is 0.904. The minimum absolute atomic E-state index is 0.904. The van der Waals surface area contributed by atoms with Crippen LogP contribution in [0.3, 0.4) is 0 Å². The van der Waals surface area contributed by atoms with Gasteiger partial charge in [0.05, 0.1) is 5.52 Å². The number of hydrogen-bond donors (Lipinski definition) is 0. The van der Waals surface area contributed by atoms with Gasteiger partial charge in [0.1, 0.15) is 16.7 Å². The van der Waals surface area contributed by atoms with Crippen molar-refractivity contribution in [3.63, 3.8) is 0 Å². The Hall–Kier alpha value is -2.49. The van der Waals surface area contributed by atoms with E-state index >= 15 is 0 Å². The molecule has 0 unspecified atom stereocenters. The third kappa shape index (κ3) is 1.04. The molecule has 0 spiro atoms. The molecule has 4 aromatic heterocycles. The van der Waals surface area contributed by atoms with Gasteiger partial charge in [0.25, 0.3) is 0 Å². The Morgan fingerprint density at radius 3 is 2.65 bits per heavy atom. The standard InChI is InChI=1S/C13H8N4/c1-3-9-11-12(15-7-6-14-11)10-4-2-8-17(10)13(9)16-5-1/h1-8H. The van der Waals surface area contributed by atoms with E-state index in [0.717, 1.165) is 27.6 Å². The predicted molar refractivity (Wildman–Crippen MR) is 65.8 cm³/mol. The van der Waals surface area contributed by atoms with Gasteiger partial charge in [-0.2, -0.15) is 0 Å². The second-order valence-corrected chi connectivity index (χ2v) is 3.89. The fraction of sp³-hybridized carbons (Fsp3) is 0. The molecule has 0 saturated heterocycles. The fourth-order valence-electron chi connectivity index (χ4n) is 2.25. The first-order valence-corrected chi connectivity index (χ1v) is 5.39. The van der Waals surface area contributed by atoms with Gasteiger partial charge in [-0.15, -0.1) is 0 Å². The number of rotatable bonds is 0. The molecule has 0 aliphatic rings. The lowest BCUT2D eigenvalue weighted by Gasteiger charge is -2.05. The molecule has 0 bridgehead atoms. The Labute approximate surface area is 96.6 Å². The summed E-state index contributed by atoms with van der Waals surface area (Å²) >= 11 is 0. The van der Waals surface area contributed by atoms with E-state index in [4.69, 9.17) is 0 Å². The SMILES string of the molecule is c1cnc2c(c1)c1nccnc1c1cccn12. The van der Waals surface area contributed by atoms with Crippen LogP contribution in [0.2, 0.25) is 0 Å². The average Bonchev–Trinajstić information content (AvgIpc) is 2.89. The van der Waals surface area contributed by atoms with Crippen LogP contribution in [0.5, 0.6) is 0 Å². The zero-order valence-corrected chi connectivity index (χ0v) is 8.91. The summed E-state index contributed by atoms with van der Waals surface area (Å²) in [6.45, 7) is 0. The monoisotopic (exact) mass is 220 g/mol. The molecule has 0 aliphatic carbocycles. The average molecular weight is 220 g/mol. The summed E-state index contributed by atoms with van der Waals surface area (Å²) in [5.41, 5.74) is 3.78. The van der Waals surface area contributed by atoms with E-state index in [1.165, 1.54) is 0 Å². The highest BCUT2D eigenvalue weighted by molar-refractivity contribution is 6.07. The van der Waals surface area contributed by atoms with E-state index in [-0.39, 0.29) is 0 Å². The van der Waals surface area contributed by atoms with E-state index in [2.05, 4.69) is 15.0 Å². The van der Waals surface area contributed by atoms with Crippen LogP contribution >= 0.6 is 0 Å². The van der Waals surface area contributed by atoms with Crippen molar-refractivity contribution in [3.05, 3.63) is 49.1 Å². The Bertz CT molecular complexity index is 778. The highest BCUT2D eigenvalue weighted by atomic mass is 15.0. The maximum absolute atomic E-state index is 4.43. The second kappa shape index (κ2) is 3.01. The molecule has 0 N–H and O–H groups in total. The van der Waals surface area contributed by atoms with Crippen molar-refractivity contribution in [1.29, 1.82) is 0 Å². The molecular weight excluding hydrogens is 212 g/mol. The predicted octanol–water partition coefficient (Wildman–Crippen LogP) is 2.43. The van der Waals surface area contributed by atoms with Crippen LogP contribution in [0.15, 0.2) is 49.1 Å². The zero-order chi connectivity index (χ0) is 11.2. The maximum atomic E-state index is 4.43. The van der Waals surface area contributed by atoms with Gasteiger partial charge < -0.3 is 0 Å². The molecule has 4 heterocycles. The lowest BCUT2D eigenvalue weighted by molar-refractivity contribution is 1.19. The van der Waals surface area contributed by atoms with Gasteiger partial charge in [0, 0.05) is 30.2 Å². The summed E-state index contributed by atoms with van der Waals surface area (Å²) in [6.07, 6.45) is 7.23. The molecule has 0 fully saturated rings. The van der Waals surface area contributed by atoms with E-state index < -0.39 is 0 Å². The van der Waals surface area contributed by atoms with Crippen LogP contribution in [0.25, 0.3) is 27.6 Å². The lowest BCUT2D eigenvalue weighted by atomic mass is 10.2. The number of hydrogen-bond acceptors (Lipinski definition) is 3. The first-order valence-electron chi connectivity index (χ1n) is 5.39. The van der Waals surface area contributed by atoms with Gasteiger partial charge in [0.15, 0.2) is 0 Å². The maximum Gasteiger partial charge on any atom is 0.146 e. The van der Waals surface area contributed by atoms with Crippen molar-refractivity contribution in [2.45, 2.75) is 0 Å². The largest absolute Gasteiger partial charge is 0.299 e. The number of nitrogens with zero attached hydrogens (tertiary/aromatic N) is 4. The minimum Gasteiger partial charge on any atom is -0.299 e. The molecule has 0 radical (unpaired) electrons. The topological polar surface area (TPSA) is 43.1 Å². The normalized spacial score (nSPS) is 11.5. The van der Waals surface area contributed by atoms with E-state index in [1.807, 2.05) is 34.9 Å². The summed E-state index contributed by atoms with van der Waals surface area (Å²) in [6, 6.07) is 7.98. The van der Waals surface area contributed by atoms with Crippen molar-refractivity contribution >= 4 is 27.6 Å². The first-order chi connectivity index (χ1) is 8.45. The molecule has 80 valence electrons. The zero-order valence-electron chi connectivity index (χ0n) is 8.91. The van der Waals surface area contributed by atoms with Crippen molar-refractivity contribution in [3.8, 4) is 0 Å². The van der Waals surface area contributed by atoms with Crippen LogP contribution in [0, 0.1) is 0 Å². The van der Waals surface area contributed by atoms with Gasteiger partial charge in [-0.1, -0.05) is 0 Å². The molecule has 4 aromatic rings. The number of fused-ring (bicyclic) bond motifs is 6. The molecule has 0 saturated carbocycles. The van der Waals surface area contributed by atoms with Crippen molar-refractivity contribution in [1.82, 2.24) is 19.4 Å². The van der Waals surface area contributed by atoms with Crippen LogP contribution in [-0.2, 0) is 0 Å². The van der Waals surface area contributed by atoms with Crippen molar-refractivity contribution < 1.29 is 0 Å². The van der Waals surface area contributed by atoms with Gasteiger partial charge in [-0.3, -0.25) is 14.4 Å². The summed E-state index contributed by atoms with van der Waals surface area (Å²) in [5.74, 6) is 0. The van der Waals surface area contributed by atoms with Gasteiger partial charge in [-0.05, 0) is 24.3 Å². The van der Waals surface area contributed by atoms with E-state index in [0.29, 0.717) is 0 Å². The van der Waals surface area contributed by atoms with Gasteiger partial charge >= 0.3 is 0 Å². The highest BCUT2D eigenvalue weighted by Gasteiger charge is 2.09. The highest BCUT2D eigenvalue weighted by Crippen LogP contribution is 2.25. The second-order valence-electron chi connectivity index (χ2n) is 3.89. The Kier molecular flexibility index (Phi) is 1.53. The fourth-order valence-corrected chi connectivity index (χ4v) is 2.25. The number of pyridine rings is 2. The molecule has 17 heavy (non-hydrogen) atoms. The molecule has 4 heteroatoms. The third-order valence-electron chi connectivity index (χ3n) is 2.96. The van der Waals surface area contributed by atoms with Crippen molar-refractivity contribution in [2.75, 3.05) is 0 Å². The van der Waals surface area contributed by atoms with Crippen LogP contribution in [-0.4, -0.2) is 19.4 Å². The van der Waals surface area contributed by atoms with E-state index in [1.54, 1.807) is 18.6 Å². The molecule has 0 aromatic carbocycles. The lowest BCUT2D eigenvalue weighted by Crippen LogP contribution is -1.94. The molecule has 0 aliphatic heterocycles. The molecule has 4 rings (SSSR count). The van der Waals surface area contributed by atoms with Gasteiger partial charge in [0.2, 0.25) is 0 Å². The van der Waals surface area contributed by atoms with Crippen LogP contribution < -0.4 is 0 Å². The van der Waals surface area contributed by atoms with E-state index in [9.17, 15) is 0 Å². The molecule has 4 nitrogen and oxygen atoms in total. The first kappa shape index (κ1) is 8.64. The summed E-state index contributed by atoms with van der Waals surface area (Å²) in [5, 5.41) is 1.03.